The van der Waals surface area contributed by atoms with Crippen LogP contribution < -0.4 is 10.2 Å². The van der Waals surface area contributed by atoms with E-state index in [-0.39, 0.29) is 18.3 Å². The molecule has 0 unspecified atom stereocenters. The summed E-state index contributed by atoms with van der Waals surface area (Å²) in [7, 11) is 0. The van der Waals surface area contributed by atoms with Crippen LogP contribution >= 0.6 is 0 Å². The number of hydrogen-bond donors (Lipinski definition) is 1. The average Bonchev–Trinajstić information content (AvgIpc) is 2.67. The topological polar surface area (TPSA) is 48.5 Å². The molecule has 3 rings (SSSR count). The molecule has 1 aliphatic heterocycles. The van der Waals surface area contributed by atoms with Gasteiger partial charge in [0.05, 0.1) is 11.9 Å². The Morgan fingerprint density at radius 3 is 2.56 bits per heavy atom. The van der Waals surface area contributed by atoms with Crippen molar-refractivity contribution in [3.8, 4) is 0 Å². The van der Waals surface area contributed by atoms with E-state index in [4.69, 9.17) is 0 Å². The van der Waals surface area contributed by atoms with Crippen LogP contribution in [0.1, 0.15) is 23.0 Å². The standard InChI is InChI=1S/C19H23FN4O/c1-2-23-9-11-24(12-10-23)16-7-8-18(21-14-16)19(25)22-13-15-5-3-4-6-17(15)20/h3-8,14H,2,9-13H2,1H3,(H,22,25). The molecule has 0 bridgehead atoms. The van der Waals surface area contributed by atoms with Crippen molar-refractivity contribution < 1.29 is 9.18 Å². The minimum atomic E-state index is -0.322. The number of rotatable bonds is 5. The summed E-state index contributed by atoms with van der Waals surface area (Å²) in [6.45, 7) is 7.42. The van der Waals surface area contributed by atoms with Crippen LogP contribution in [0.3, 0.4) is 0 Å². The number of nitrogens with one attached hydrogen (secondary N) is 1. The molecule has 25 heavy (non-hydrogen) atoms. The fourth-order valence-corrected chi connectivity index (χ4v) is 2.94. The van der Waals surface area contributed by atoms with Crippen LogP contribution in [-0.4, -0.2) is 48.5 Å². The van der Waals surface area contributed by atoms with Crippen molar-refractivity contribution in [1.29, 1.82) is 0 Å². The molecule has 1 amide bonds. The summed E-state index contributed by atoms with van der Waals surface area (Å²) in [5.74, 6) is -0.622. The fourth-order valence-electron chi connectivity index (χ4n) is 2.94. The van der Waals surface area contributed by atoms with Crippen molar-refractivity contribution in [3.05, 3.63) is 59.7 Å². The molecule has 0 aliphatic carbocycles. The predicted octanol–water partition coefficient (Wildman–Crippen LogP) is 2.29. The van der Waals surface area contributed by atoms with Crippen LogP contribution in [-0.2, 0) is 6.54 Å². The summed E-state index contributed by atoms with van der Waals surface area (Å²) >= 11 is 0. The highest BCUT2D eigenvalue weighted by Gasteiger charge is 2.16. The fraction of sp³-hybridized carbons (Fsp3) is 0.368. The second kappa shape index (κ2) is 8.07. The molecular formula is C19H23FN4O. The quantitative estimate of drug-likeness (QED) is 0.906. The van der Waals surface area contributed by atoms with Gasteiger partial charge < -0.3 is 15.1 Å². The molecule has 1 fully saturated rings. The SMILES string of the molecule is CCN1CCN(c2ccc(C(=O)NCc3ccccc3F)nc2)CC1. The number of anilines is 1. The number of benzene rings is 1. The van der Waals surface area contributed by atoms with Crippen molar-refractivity contribution >= 4 is 11.6 Å². The Kier molecular flexibility index (Phi) is 5.60. The molecule has 1 aromatic heterocycles. The summed E-state index contributed by atoms with van der Waals surface area (Å²) in [5.41, 5.74) is 1.83. The van der Waals surface area contributed by atoms with Gasteiger partial charge in [-0.05, 0) is 24.7 Å². The maximum absolute atomic E-state index is 13.6. The third-order valence-electron chi connectivity index (χ3n) is 4.56. The molecule has 0 spiro atoms. The van der Waals surface area contributed by atoms with Crippen LogP contribution in [0.15, 0.2) is 42.6 Å². The summed E-state index contributed by atoms with van der Waals surface area (Å²) in [6.07, 6.45) is 1.74. The van der Waals surface area contributed by atoms with Crippen LogP contribution in [0, 0.1) is 5.82 Å². The van der Waals surface area contributed by atoms with Gasteiger partial charge in [-0.3, -0.25) is 4.79 Å². The van der Waals surface area contributed by atoms with Crippen LogP contribution in [0.4, 0.5) is 10.1 Å². The monoisotopic (exact) mass is 342 g/mol. The summed E-state index contributed by atoms with van der Waals surface area (Å²) < 4.78 is 13.6. The van der Waals surface area contributed by atoms with E-state index in [1.165, 1.54) is 6.07 Å². The van der Waals surface area contributed by atoms with Gasteiger partial charge in [0, 0.05) is 38.3 Å². The zero-order chi connectivity index (χ0) is 17.6. The second-order valence-electron chi connectivity index (χ2n) is 6.10. The Morgan fingerprint density at radius 2 is 1.92 bits per heavy atom. The second-order valence-corrected chi connectivity index (χ2v) is 6.10. The van der Waals surface area contributed by atoms with Crippen molar-refractivity contribution in [1.82, 2.24) is 15.2 Å². The lowest BCUT2D eigenvalue weighted by molar-refractivity contribution is 0.0945. The summed E-state index contributed by atoms with van der Waals surface area (Å²) in [4.78, 5) is 21.1. The van der Waals surface area contributed by atoms with Gasteiger partial charge in [-0.2, -0.15) is 0 Å². The Hall–Kier alpha value is -2.47. The maximum atomic E-state index is 13.6. The van der Waals surface area contributed by atoms with Crippen molar-refractivity contribution in [2.75, 3.05) is 37.6 Å². The maximum Gasteiger partial charge on any atom is 0.270 e. The van der Waals surface area contributed by atoms with Gasteiger partial charge in [0.25, 0.3) is 5.91 Å². The van der Waals surface area contributed by atoms with E-state index >= 15 is 0 Å². The number of amides is 1. The van der Waals surface area contributed by atoms with Gasteiger partial charge in [-0.25, -0.2) is 9.37 Å². The summed E-state index contributed by atoms with van der Waals surface area (Å²) in [5, 5.41) is 2.71. The van der Waals surface area contributed by atoms with Crippen molar-refractivity contribution in [3.63, 3.8) is 0 Å². The van der Waals surface area contributed by atoms with E-state index in [1.54, 1.807) is 30.5 Å². The van der Waals surface area contributed by atoms with E-state index in [9.17, 15) is 9.18 Å². The van der Waals surface area contributed by atoms with E-state index in [0.29, 0.717) is 11.3 Å². The zero-order valence-corrected chi connectivity index (χ0v) is 14.4. The van der Waals surface area contributed by atoms with Gasteiger partial charge >= 0.3 is 0 Å². The van der Waals surface area contributed by atoms with Gasteiger partial charge in [-0.15, -0.1) is 0 Å². The highest BCUT2D eigenvalue weighted by molar-refractivity contribution is 5.92. The lowest BCUT2D eigenvalue weighted by Crippen LogP contribution is -2.46. The van der Waals surface area contributed by atoms with E-state index in [2.05, 4.69) is 27.0 Å². The predicted molar refractivity (Wildman–Crippen MR) is 96.1 cm³/mol. The van der Waals surface area contributed by atoms with Crippen molar-refractivity contribution in [2.24, 2.45) is 0 Å². The molecule has 1 N–H and O–H groups in total. The molecule has 132 valence electrons. The van der Waals surface area contributed by atoms with E-state index < -0.39 is 0 Å². The van der Waals surface area contributed by atoms with Gasteiger partial charge in [0.1, 0.15) is 11.5 Å². The van der Waals surface area contributed by atoms with E-state index in [0.717, 1.165) is 38.4 Å². The van der Waals surface area contributed by atoms with Crippen molar-refractivity contribution in [2.45, 2.75) is 13.5 Å². The number of carbonyl (C=O) groups is 1. The lowest BCUT2D eigenvalue weighted by Gasteiger charge is -2.35. The third-order valence-corrected chi connectivity index (χ3v) is 4.56. The first kappa shape index (κ1) is 17.4. The number of halogens is 1. The molecule has 6 heteroatoms. The highest BCUT2D eigenvalue weighted by Crippen LogP contribution is 2.15. The normalized spacial score (nSPS) is 15.2. The Bertz CT molecular complexity index is 712. The first-order chi connectivity index (χ1) is 12.2. The number of piperazine rings is 1. The molecule has 2 aromatic rings. The van der Waals surface area contributed by atoms with Gasteiger partial charge in [-0.1, -0.05) is 25.1 Å². The largest absolute Gasteiger partial charge is 0.368 e. The first-order valence-electron chi connectivity index (χ1n) is 8.62. The lowest BCUT2D eigenvalue weighted by atomic mass is 10.2. The average molecular weight is 342 g/mol. The smallest absolute Gasteiger partial charge is 0.270 e. The molecular weight excluding hydrogens is 319 g/mol. The molecule has 1 aliphatic rings. The number of nitrogens with zero attached hydrogens (tertiary/aromatic N) is 3. The first-order valence-corrected chi connectivity index (χ1v) is 8.62. The highest BCUT2D eigenvalue weighted by atomic mass is 19.1. The van der Waals surface area contributed by atoms with Gasteiger partial charge in [0.2, 0.25) is 0 Å². The van der Waals surface area contributed by atoms with Crippen LogP contribution in [0.5, 0.6) is 0 Å². The number of hydrogen-bond acceptors (Lipinski definition) is 4. The Labute approximate surface area is 147 Å². The molecule has 0 atom stereocenters. The third kappa shape index (κ3) is 4.33. The van der Waals surface area contributed by atoms with E-state index in [1.807, 2.05) is 6.07 Å². The number of carbonyl (C=O) groups excluding carboxylic acids is 1. The molecule has 2 heterocycles. The number of likely N-dealkylation sites (N-methyl/N-ethyl adjacent to an activating group) is 1. The molecule has 0 saturated carbocycles. The minimum Gasteiger partial charge on any atom is -0.368 e. The molecule has 1 saturated heterocycles. The molecule has 1 aromatic carbocycles. The number of pyridine rings is 1. The van der Waals surface area contributed by atoms with Crippen LogP contribution in [0.2, 0.25) is 0 Å². The molecule has 0 radical (unpaired) electrons. The minimum absolute atomic E-state index is 0.147. The zero-order valence-electron chi connectivity index (χ0n) is 14.4. The van der Waals surface area contributed by atoms with Gasteiger partial charge in [0.15, 0.2) is 0 Å². The van der Waals surface area contributed by atoms with Crippen LogP contribution in [0.25, 0.3) is 0 Å². The Balaban J connectivity index is 1.56. The number of aromatic nitrogens is 1. The molecule has 5 nitrogen and oxygen atoms in total. The Morgan fingerprint density at radius 1 is 1.16 bits per heavy atom. The summed E-state index contributed by atoms with van der Waals surface area (Å²) in [6, 6.07) is 10.1.